The van der Waals surface area contributed by atoms with Crippen LogP contribution in [0.2, 0.25) is 0 Å². The quantitative estimate of drug-likeness (QED) is 0.641. The molecule has 0 fully saturated rings. The van der Waals surface area contributed by atoms with Crippen LogP contribution in [0.1, 0.15) is 27.9 Å². The fourth-order valence-corrected chi connectivity index (χ4v) is 1.57. The van der Waals surface area contributed by atoms with Crippen molar-refractivity contribution in [3.05, 3.63) is 28.8 Å². The number of carbonyl (C=O) groups excluding carboxylic acids is 1. The van der Waals surface area contributed by atoms with E-state index in [2.05, 4.69) is 17.4 Å². The summed E-state index contributed by atoms with van der Waals surface area (Å²) >= 11 is 3.84. The molecule has 0 radical (unpaired) electrons. The number of halogens is 2. The third-order valence-electron chi connectivity index (χ3n) is 1.95. The molecule has 0 aliphatic carbocycles. The molecule has 0 aromatic heterocycles. The molecule has 0 N–H and O–H groups in total. The monoisotopic (exact) mass is 243 g/mol. The van der Waals surface area contributed by atoms with Gasteiger partial charge in [0, 0.05) is 10.5 Å². The van der Waals surface area contributed by atoms with E-state index in [4.69, 9.17) is 5.26 Å². The van der Waals surface area contributed by atoms with Crippen LogP contribution in [0.5, 0.6) is 0 Å². The van der Waals surface area contributed by atoms with Crippen LogP contribution in [0.3, 0.4) is 0 Å². The van der Waals surface area contributed by atoms with Crippen LogP contribution in [0.15, 0.2) is 17.0 Å². The highest BCUT2D eigenvalue weighted by Gasteiger charge is 2.21. The maximum absolute atomic E-state index is 12.5. The number of thiol groups is 1. The number of benzene rings is 1. The van der Waals surface area contributed by atoms with Crippen LogP contribution in [-0.4, -0.2) is 13.1 Å². The van der Waals surface area contributed by atoms with E-state index in [1.807, 2.05) is 0 Å². The predicted octanol–water partition coefficient (Wildman–Crippen LogP) is 2.57. The first-order valence-corrected chi connectivity index (χ1v) is 4.60. The van der Waals surface area contributed by atoms with Crippen molar-refractivity contribution in [2.24, 2.45) is 0 Å². The Balaban J connectivity index is 3.48. The van der Waals surface area contributed by atoms with Crippen molar-refractivity contribution in [2.45, 2.75) is 11.3 Å². The van der Waals surface area contributed by atoms with Crippen molar-refractivity contribution in [1.82, 2.24) is 0 Å². The van der Waals surface area contributed by atoms with Gasteiger partial charge < -0.3 is 4.74 Å². The summed E-state index contributed by atoms with van der Waals surface area (Å²) in [7, 11) is 1.10. The van der Waals surface area contributed by atoms with Gasteiger partial charge in [-0.1, -0.05) is 6.07 Å². The molecule has 1 aromatic rings. The van der Waals surface area contributed by atoms with Gasteiger partial charge in [-0.25, -0.2) is 13.6 Å². The molecule has 0 amide bonds. The molecule has 0 saturated carbocycles. The molecular weight excluding hydrogens is 236 g/mol. The average Bonchev–Trinajstić information content (AvgIpc) is 2.26. The molecule has 0 atom stereocenters. The fraction of sp³-hybridized carbons (Fsp3) is 0.200. The lowest BCUT2D eigenvalue weighted by Gasteiger charge is -2.09. The number of methoxy groups -OCH3 is 1. The number of esters is 1. The highest BCUT2D eigenvalue weighted by Crippen LogP contribution is 2.30. The van der Waals surface area contributed by atoms with Crippen LogP contribution < -0.4 is 0 Å². The zero-order valence-electron chi connectivity index (χ0n) is 8.20. The molecule has 84 valence electrons. The molecule has 6 heteroatoms. The molecule has 16 heavy (non-hydrogen) atoms. The molecule has 3 nitrogen and oxygen atoms in total. The summed E-state index contributed by atoms with van der Waals surface area (Å²) in [4.78, 5) is 11.1. The van der Waals surface area contributed by atoms with Gasteiger partial charge in [0.05, 0.1) is 18.2 Å². The second kappa shape index (κ2) is 4.94. The third-order valence-corrected chi connectivity index (χ3v) is 2.44. The second-order valence-electron chi connectivity index (χ2n) is 2.83. The Bertz CT molecular complexity index is 469. The van der Waals surface area contributed by atoms with Crippen molar-refractivity contribution < 1.29 is 18.3 Å². The van der Waals surface area contributed by atoms with Gasteiger partial charge in [-0.05, 0) is 6.07 Å². The minimum Gasteiger partial charge on any atom is -0.465 e. The van der Waals surface area contributed by atoms with Gasteiger partial charge in [0.1, 0.15) is 6.07 Å². The Morgan fingerprint density at radius 3 is 2.62 bits per heavy atom. The maximum Gasteiger partial charge on any atom is 0.340 e. The van der Waals surface area contributed by atoms with Gasteiger partial charge in [-0.2, -0.15) is 5.26 Å². The fourth-order valence-electron chi connectivity index (χ4n) is 1.19. The Morgan fingerprint density at radius 2 is 2.19 bits per heavy atom. The minimum atomic E-state index is -2.76. The summed E-state index contributed by atoms with van der Waals surface area (Å²) < 4.78 is 29.5. The van der Waals surface area contributed by atoms with Crippen LogP contribution in [-0.2, 0) is 4.74 Å². The smallest absolute Gasteiger partial charge is 0.340 e. The summed E-state index contributed by atoms with van der Waals surface area (Å²) in [6.07, 6.45) is -2.76. The molecule has 1 rings (SSSR count). The molecule has 1 aromatic carbocycles. The zero-order chi connectivity index (χ0) is 12.3. The summed E-state index contributed by atoms with van der Waals surface area (Å²) in [5.74, 6) is -0.857. The van der Waals surface area contributed by atoms with Gasteiger partial charge in [-0.15, -0.1) is 12.6 Å². The lowest BCUT2D eigenvalue weighted by atomic mass is 10.0. The van der Waals surface area contributed by atoms with Gasteiger partial charge in [-0.3, -0.25) is 0 Å². The molecule has 0 saturated heterocycles. The van der Waals surface area contributed by atoms with E-state index in [0.717, 1.165) is 19.2 Å². The van der Waals surface area contributed by atoms with Crippen molar-refractivity contribution in [2.75, 3.05) is 7.11 Å². The minimum absolute atomic E-state index is 0.0405. The van der Waals surface area contributed by atoms with E-state index in [0.29, 0.717) is 0 Å². The average molecular weight is 243 g/mol. The number of ether oxygens (including phenoxy) is 1. The van der Waals surface area contributed by atoms with Crippen molar-refractivity contribution in [3.63, 3.8) is 0 Å². The van der Waals surface area contributed by atoms with Crippen LogP contribution in [0.4, 0.5) is 8.78 Å². The zero-order valence-corrected chi connectivity index (χ0v) is 9.09. The van der Waals surface area contributed by atoms with Gasteiger partial charge in [0.25, 0.3) is 6.43 Å². The molecule has 0 aliphatic heterocycles. The number of carbonyl (C=O) groups is 1. The van der Waals surface area contributed by atoms with E-state index < -0.39 is 18.0 Å². The number of hydrogen-bond acceptors (Lipinski definition) is 4. The van der Waals surface area contributed by atoms with E-state index in [9.17, 15) is 13.6 Å². The van der Waals surface area contributed by atoms with E-state index >= 15 is 0 Å². The second-order valence-corrected chi connectivity index (χ2v) is 3.28. The molecule has 0 heterocycles. The third kappa shape index (κ3) is 2.14. The van der Waals surface area contributed by atoms with Crippen molar-refractivity contribution in [3.8, 4) is 6.07 Å². The number of nitriles is 1. The predicted molar refractivity (Wildman–Crippen MR) is 54.7 cm³/mol. The first-order chi connectivity index (χ1) is 7.52. The van der Waals surface area contributed by atoms with Crippen LogP contribution >= 0.6 is 12.6 Å². The number of rotatable bonds is 2. The first kappa shape index (κ1) is 12.5. The standard InChI is InChI=1S/C10H7F2NO2S/c1-15-10(14)7-5(4-13)2-3-6(8(7)16)9(11)12/h2-3,9,16H,1H3. The van der Waals surface area contributed by atoms with Gasteiger partial charge in [0.2, 0.25) is 0 Å². The van der Waals surface area contributed by atoms with E-state index in [1.165, 1.54) is 0 Å². The topological polar surface area (TPSA) is 50.1 Å². The SMILES string of the molecule is COC(=O)c1c(C#N)ccc(C(F)F)c1S. The Kier molecular flexibility index (Phi) is 3.85. The Hall–Kier alpha value is -1.61. The normalized spacial score (nSPS) is 10.0. The van der Waals surface area contributed by atoms with Gasteiger partial charge >= 0.3 is 5.97 Å². The molecule has 0 spiro atoms. The summed E-state index contributed by atoms with van der Waals surface area (Å²) in [5, 5.41) is 8.74. The summed E-state index contributed by atoms with van der Waals surface area (Å²) in [6, 6.07) is 3.94. The summed E-state index contributed by atoms with van der Waals surface area (Å²) in [6.45, 7) is 0. The van der Waals surface area contributed by atoms with Crippen LogP contribution in [0, 0.1) is 11.3 Å². The lowest BCUT2D eigenvalue weighted by Crippen LogP contribution is -2.07. The highest BCUT2D eigenvalue weighted by molar-refractivity contribution is 7.80. The molecule has 0 unspecified atom stereocenters. The van der Waals surface area contributed by atoms with Crippen molar-refractivity contribution >= 4 is 18.6 Å². The lowest BCUT2D eigenvalue weighted by molar-refractivity contribution is 0.0595. The van der Waals surface area contributed by atoms with Crippen LogP contribution in [0.25, 0.3) is 0 Å². The van der Waals surface area contributed by atoms with Gasteiger partial charge in [0.15, 0.2) is 0 Å². The highest BCUT2D eigenvalue weighted by atomic mass is 32.1. The largest absolute Gasteiger partial charge is 0.465 e. The number of nitrogens with zero attached hydrogens (tertiary/aromatic N) is 1. The molecule has 0 aliphatic rings. The number of alkyl halides is 2. The summed E-state index contributed by atoms with van der Waals surface area (Å²) in [5.41, 5.74) is -0.671. The number of hydrogen-bond donors (Lipinski definition) is 1. The van der Waals surface area contributed by atoms with E-state index in [1.54, 1.807) is 6.07 Å². The molecular formula is C10H7F2NO2S. The molecule has 0 bridgehead atoms. The van der Waals surface area contributed by atoms with Crippen molar-refractivity contribution in [1.29, 1.82) is 5.26 Å². The van der Waals surface area contributed by atoms with E-state index in [-0.39, 0.29) is 16.0 Å². The Labute approximate surface area is 96.0 Å². The maximum atomic E-state index is 12.5. The first-order valence-electron chi connectivity index (χ1n) is 4.15. The Morgan fingerprint density at radius 1 is 1.56 bits per heavy atom.